The second-order valence-electron chi connectivity index (χ2n) is 6.60. The number of carbonyl (C=O) groups is 1. The van der Waals surface area contributed by atoms with E-state index in [-0.39, 0.29) is 31.5 Å². The lowest BCUT2D eigenvalue weighted by Crippen LogP contribution is -2.42. The van der Waals surface area contributed by atoms with E-state index in [1.54, 1.807) is 24.3 Å². The maximum absolute atomic E-state index is 12.6. The average molecular weight is 377 g/mol. The third kappa shape index (κ3) is 3.96. The number of nitrogens with zero attached hydrogens (tertiary/aromatic N) is 2. The molecular formula is C22H23N3O3. The molecule has 1 amide bonds. The van der Waals surface area contributed by atoms with Crippen molar-refractivity contribution in [2.45, 2.75) is 32.5 Å². The van der Waals surface area contributed by atoms with Gasteiger partial charge in [-0.25, -0.2) is 0 Å². The van der Waals surface area contributed by atoms with Gasteiger partial charge in [-0.15, -0.1) is 6.58 Å². The fourth-order valence-electron chi connectivity index (χ4n) is 3.25. The lowest BCUT2D eigenvalue weighted by atomic mass is 10.1. The van der Waals surface area contributed by atoms with Crippen LogP contribution in [0.4, 0.5) is 0 Å². The van der Waals surface area contributed by atoms with E-state index in [9.17, 15) is 14.4 Å². The molecule has 144 valence electrons. The number of aromatic nitrogens is 2. The third-order valence-electron chi connectivity index (χ3n) is 4.69. The molecule has 0 aliphatic carbocycles. The third-order valence-corrected chi connectivity index (χ3v) is 4.69. The minimum atomic E-state index is -0.635. The van der Waals surface area contributed by atoms with Gasteiger partial charge >= 0.3 is 11.1 Å². The van der Waals surface area contributed by atoms with E-state index in [1.165, 1.54) is 9.13 Å². The zero-order valence-electron chi connectivity index (χ0n) is 15.8. The van der Waals surface area contributed by atoms with Crippen LogP contribution in [-0.2, 0) is 17.9 Å². The van der Waals surface area contributed by atoms with Gasteiger partial charge < -0.3 is 9.88 Å². The molecule has 0 fully saturated rings. The summed E-state index contributed by atoms with van der Waals surface area (Å²) in [4.78, 5) is 37.5. The number of hydrogen-bond acceptors (Lipinski definition) is 3. The van der Waals surface area contributed by atoms with Gasteiger partial charge in [0.1, 0.15) is 0 Å². The van der Waals surface area contributed by atoms with Crippen LogP contribution < -0.4 is 16.4 Å². The van der Waals surface area contributed by atoms with E-state index in [1.807, 2.05) is 43.3 Å². The second kappa shape index (κ2) is 8.52. The molecule has 1 unspecified atom stereocenters. The Bertz CT molecular complexity index is 1110. The Labute approximate surface area is 162 Å². The van der Waals surface area contributed by atoms with Gasteiger partial charge in [-0.3, -0.25) is 19.0 Å². The Morgan fingerprint density at radius 3 is 2.21 bits per heavy atom. The zero-order valence-corrected chi connectivity index (χ0v) is 15.8. The normalized spacial score (nSPS) is 11.9. The van der Waals surface area contributed by atoms with E-state index in [0.29, 0.717) is 11.0 Å². The SMILES string of the molecule is C=CCn1c(=O)c(=O)n(CCC(=O)NC(C)c2ccccc2)c2ccccc21. The molecular weight excluding hydrogens is 354 g/mol. The van der Waals surface area contributed by atoms with Gasteiger partial charge in [0.25, 0.3) is 0 Å². The van der Waals surface area contributed by atoms with Gasteiger partial charge in [0, 0.05) is 19.5 Å². The van der Waals surface area contributed by atoms with E-state index in [0.717, 1.165) is 5.56 Å². The van der Waals surface area contributed by atoms with Crippen LogP contribution in [0, 0.1) is 0 Å². The predicted molar refractivity (Wildman–Crippen MR) is 110 cm³/mol. The highest BCUT2D eigenvalue weighted by molar-refractivity contribution is 5.77. The monoisotopic (exact) mass is 377 g/mol. The van der Waals surface area contributed by atoms with Crippen molar-refractivity contribution < 1.29 is 4.79 Å². The summed E-state index contributed by atoms with van der Waals surface area (Å²) in [5, 5.41) is 2.93. The van der Waals surface area contributed by atoms with Crippen LogP contribution in [0.2, 0.25) is 0 Å². The molecule has 0 spiro atoms. The average Bonchev–Trinajstić information content (AvgIpc) is 2.72. The molecule has 3 rings (SSSR count). The summed E-state index contributed by atoms with van der Waals surface area (Å²) < 4.78 is 2.78. The van der Waals surface area contributed by atoms with E-state index in [4.69, 9.17) is 0 Å². The molecule has 0 bridgehead atoms. The number of carbonyl (C=O) groups excluding carboxylic acids is 1. The Kier molecular flexibility index (Phi) is 5.89. The molecule has 28 heavy (non-hydrogen) atoms. The number of nitrogens with one attached hydrogen (secondary N) is 1. The highest BCUT2D eigenvalue weighted by Gasteiger charge is 2.14. The zero-order chi connectivity index (χ0) is 20.1. The quantitative estimate of drug-likeness (QED) is 0.508. The van der Waals surface area contributed by atoms with Crippen molar-refractivity contribution in [2.75, 3.05) is 0 Å². The molecule has 3 aromatic rings. The van der Waals surface area contributed by atoms with Crippen LogP contribution in [-0.4, -0.2) is 15.0 Å². The van der Waals surface area contributed by atoms with Crippen LogP contribution >= 0.6 is 0 Å². The number of benzene rings is 2. The number of allylic oxidation sites excluding steroid dienone is 1. The highest BCUT2D eigenvalue weighted by atomic mass is 16.2. The van der Waals surface area contributed by atoms with Crippen LogP contribution in [0.3, 0.4) is 0 Å². The Morgan fingerprint density at radius 1 is 1.00 bits per heavy atom. The van der Waals surface area contributed by atoms with Crippen molar-refractivity contribution in [3.05, 3.63) is 93.5 Å². The van der Waals surface area contributed by atoms with Gasteiger partial charge in [-0.1, -0.05) is 48.5 Å². The van der Waals surface area contributed by atoms with Gasteiger partial charge in [0.2, 0.25) is 5.91 Å². The van der Waals surface area contributed by atoms with Gasteiger partial charge in [0.05, 0.1) is 17.1 Å². The minimum Gasteiger partial charge on any atom is -0.350 e. The summed E-state index contributed by atoms with van der Waals surface area (Å²) in [7, 11) is 0. The Hall–Kier alpha value is -3.41. The fourth-order valence-corrected chi connectivity index (χ4v) is 3.25. The van der Waals surface area contributed by atoms with Gasteiger partial charge in [0.15, 0.2) is 0 Å². The Morgan fingerprint density at radius 2 is 1.57 bits per heavy atom. The fraction of sp³-hybridized carbons (Fsp3) is 0.227. The number of aryl methyl sites for hydroxylation is 1. The number of fused-ring (bicyclic) bond motifs is 1. The smallest absolute Gasteiger partial charge is 0.317 e. The maximum Gasteiger partial charge on any atom is 0.317 e. The van der Waals surface area contributed by atoms with E-state index in [2.05, 4.69) is 11.9 Å². The molecule has 0 aliphatic heterocycles. The summed E-state index contributed by atoms with van der Waals surface area (Å²) >= 11 is 0. The molecule has 1 atom stereocenters. The second-order valence-corrected chi connectivity index (χ2v) is 6.60. The molecule has 1 N–H and O–H groups in total. The van der Waals surface area contributed by atoms with Crippen molar-refractivity contribution in [1.29, 1.82) is 0 Å². The largest absolute Gasteiger partial charge is 0.350 e. The number of hydrogen-bond donors (Lipinski definition) is 1. The topological polar surface area (TPSA) is 73.1 Å². The lowest BCUT2D eigenvalue weighted by molar-refractivity contribution is -0.121. The van der Waals surface area contributed by atoms with Crippen LogP contribution in [0.25, 0.3) is 11.0 Å². The maximum atomic E-state index is 12.6. The molecule has 1 aromatic heterocycles. The van der Waals surface area contributed by atoms with Crippen molar-refractivity contribution in [3.8, 4) is 0 Å². The van der Waals surface area contributed by atoms with Gasteiger partial charge in [-0.2, -0.15) is 0 Å². The van der Waals surface area contributed by atoms with Crippen LogP contribution in [0.15, 0.2) is 76.8 Å². The number of para-hydroxylation sites is 2. The lowest BCUT2D eigenvalue weighted by Gasteiger charge is -2.16. The summed E-state index contributed by atoms with van der Waals surface area (Å²) in [6.07, 6.45) is 1.68. The first kappa shape index (κ1) is 19.4. The van der Waals surface area contributed by atoms with Crippen molar-refractivity contribution in [2.24, 2.45) is 0 Å². The van der Waals surface area contributed by atoms with Crippen molar-refractivity contribution >= 4 is 16.9 Å². The molecule has 6 heteroatoms. The summed E-state index contributed by atoms with van der Waals surface area (Å²) in [6.45, 7) is 5.94. The highest BCUT2D eigenvalue weighted by Crippen LogP contribution is 2.13. The first-order chi connectivity index (χ1) is 13.5. The summed E-state index contributed by atoms with van der Waals surface area (Å²) in [5.41, 5.74) is 1.02. The van der Waals surface area contributed by atoms with Crippen molar-refractivity contribution in [1.82, 2.24) is 14.5 Å². The summed E-state index contributed by atoms with van der Waals surface area (Å²) in [5.74, 6) is -0.178. The van der Waals surface area contributed by atoms with Crippen LogP contribution in [0.1, 0.15) is 24.9 Å². The first-order valence-corrected chi connectivity index (χ1v) is 9.20. The molecule has 6 nitrogen and oxygen atoms in total. The standard InChI is InChI=1S/C22H23N3O3/c1-3-14-24-18-11-7-8-12-19(18)25(22(28)21(24)27)15-13-20(26)23-16(2)17-9-5-4-6-10-17/h3-12,16H,1,13-15H2,2H3,(H,23,26). The number of rotatable bonds is 7. The first-order valence-electron chi connectivity index (χ1n) is 9.20. The van der Waals surface area contributed by atoms with E-state index >= 15 is 0 Å². The molecule has 2 aromatic carbocycles. The predicted octanol–water partition coefficient (Wildman–Crippen LogP) is 2.62. The summed E-state index contributed by atoms with van der Waals surface area (Å²) in [6, 6.07) is 16.7. The van der Waals surface area contributed by atoms with E-state index < -0.39 is 11.1 Å². The molecule has 0 saturated carbocycles. The van der Waals surface area contributed by atoms with Crippen LogP contribution in [0.5, 0.6) is 0 Å². The minimum absolute atomic E-state index is 0.103. The molecule has 0 saturated heterocycles. The Balaban J connectivity index is 1.83. The number of amides is 1. The molecule has 0 radical (unpaired) electrons. The van der Waals surface area contributed by atoms with Gasteiger partial charge in [-0.05, 0) is 24.6 Å². The van der Waals surface area contributed by atoms with Crippen molar-refractivity contribution in [3.63, 3.8) is 0 Å². The molecule has 0 aliphatic rings. The molecule has 1 heterocycles.